The van der Waals surface area contributed by atoms with E-state index in [9.17, 15) is 0 Å². The molecule has 0 aromatic rings. The fraction of sp³-hybridized carbons (Fsp3) is 1.00. The van der Waals surface area contributed by atoms with E-state index < -0.39 is 0 Å². The largest absolute Gasteiger partial charge is 0.346 e. The highest BCUT2D eigenvalue weighted by molar-refractivity contribution is 5.23. The van der Waals surface area contributed by atoms with E-state index >= 15 is 0 Å². The molecule has 4 fully saturated rings. The second kappa shape index (κ2) is 3.87. The third kappa shape index (κ3) is 1.52. The monoisotopic (exact) mass is 292 g/mol. The first-order chi connectivity index (χ1) is 9.66. The first kappa shape index (κ1) is 14.5. The average molecular weight is 292 g/mol. The second-order valence-electron chi connectivity index (χ2n) is 9.78. The molecule has 6 atom stereocenters. The van der Waals surface area contributed by atoms with Gasteiger partial charge in [0.15, 0.2) is 6.29 Å². The Kier molecular flexibility index (Phi) is 2.67. The molecule has 3 saturated carbocycles. The SMILES string of the molecule is CCC1OC2C3C(C)(C)C4CCC3(C4)C(C)(C)CC2(C)O1. The molecular weight excluding hydrogens is 260 g/mol. The molecule has 1 aliphatic heterocycles. The van der Waals surface area contributed by atoms with Crippen LogP contribution in [0.3, 0.4) is 0 Å². The molecule has 2 bridgehead atoms. The molecule has 0 radical (unpaired) electrons. The zero-order chi connectivity index (χ0) is 15.3. The van der Waals surface area contributed by atoms with E-state index in [4.69, 9.17) is 9.47 Å². The van der Waals surface area contributed by atoms with Gasteiger partial charge in [-0.15, -0.1) is 0 Å². The Hall–Kier alpha value is -0.0800. The molecule has 1 heterocycles. The summed E-state index contributed by atoms with van der Waals surface area (Å²) in [7, 11) is 0. The maximum Gasteiger partial charge on any atom is 0.158 e. The Morgan fingerprint density at radius 3 is 2.48 bits per heavy atom. The molecule has 1 spiro atoms. The molecule has 0 N–H and O–H groups in total. The lowest BCUT2D eigenvalue weighted by Gasteiger charge is -2.61. The molecule has 0 aromatic heterocycles. The summed E-state index contributed by atoms with van der Waals surface area (Å²) < 4.78 is 12.9. The summed E-state index contributed by atoms with van der Waals surface area (Å²) in [6.07, 6.45) is 6.69. The van der Waals surface area contributed by atoms with Crippen LogP contribution in [0, 0.1) is 28.1 Å². The standard InChI is InChI=1S/C19H32O2/c1-7-13-20-15-14-17(4,5)12-8-9-19(14,10-12)16(2,3)11-18(15,6)21-13/h12-15H,7-11H2,1-6H3. The van der Waals surface area contributed by atoms with Gasteiger partial charge in [0.25, 0.3) is 0 Å². The lowest BCUT2D eigenvalue weighted by molar-refractivity contribution is -0.176. The number of ether oxygens (including phenoxy) is 2. The van der Waals surface area contributed by atoms with E-state index in [1.807, 2.05) is 0 Å². The summed E-state index contributed by atoms with van der Waals surface area (Å²) in [5.74, 6) is 1.54. The van der Waals surface area contributed by atoms with Crippen molar-refractivity contribution in [2.24, 2.45) is 28.1 Å². The van der Waals surface area contributed by atoms with Crippen LogP contribution in [0.2, 0.25) is 0 Å². The van der Waals surface area contributed by atoms with Crippen molar-refractivity contribution in [1.82, 2.24) is 0 Å². The molecule has 0 aromatic carbocycles. The van der Waals surface area contributed by atoms with Crippen molar-refractivity contribution in [3.05, 3.63) is 0 Å². The minimum Gasteiger partial charge on any atom is -0.346 e. The van der Waals surface area contributed by atoms with Gasteiger partial charge in [-0.1, -0.05) is 34.6 Å². The predicted octanol–water partition coefficient (Wildman–Crippen LogP) is 4.77. The van der Waals surface area contributed by atoms with Crippen molar-refractivity contribution in [3.63, 3.8) is 0 Å². The normalized spacial score (nSPS) is 56.3. The molecule has 2 nitrogen and oxygen atoms in total. The minimum absolute atomic E-state index is 0.0147. The second-order valence-corrected chi connectivity index (χ2v) is 9.78. The Bertz CT molecular complexity index is 468. The summed E-state index contributed by atoms with van der Waals surface area (Å²) in [4.78, 5) is 0. The number of hydrogen-bond donors (Lipinski definition) is 0. The minimum atomic E-state index is -0.0815. The molecule has 2 heteroatoms. The number of fused-ring (bicyclic) bond motifs is 3. The van der Waals surface area contributed by atoms with E-state index in [1.165, 1.54) is 19.3 Å². The van der Waals surface area contributed by atoms with Crippen LogP contribution < -0.4 is 0 Å². The smallest absolute Gasteiger partial charge is 0.158 e. The van der Waals surface area contributed by atoms with Crippen molar-refractivity contribution in [3.8, 4) is 0 Å². The van der Waals surface area contributed by atoms with Crippen molar-refractivity contribution < 1.29 is 9.47 Å². The van der Waals surface area contributed by atoms with Gasteiger partial charge >= 0.3 is 0 Å². The fourth-order valence-electron chi connectivity index (χ4n) is 7.18. The van der Waals surface area contributed by atoms with Crippen molar-refractivity contribution in [1.29, 1.82) is 0 Å². The van der Waals surface area contributed by atoms with Crippen LogP contribution in [0.5, 0.6) is 0 Å². The predicted molar refractivity (Wildman–Crippen MR) is 83.9 cm³/mol. The highest BCUT2D eigenvalue weighted by Gasteiger charge is 2.75. The zero-order valence-electron chi connectivity index (χ0n) is 14.7. The van der Waals surface area contributed by atoms with Gasteiger partial charge in [0.05, 0.1) is 11.7 Å². The molecule has 4 rings (SSSR count). The van der Waals surface area contributed by atoms with Gasteiger partial charge in [-0.05, 0) is 67.1 Å². The summed E-state index contributed by atoms with van der Waals surface area (Å²) in [5, 5.41) is 0. The van der Waals surface area contributed by atoms with Gasteiger partial charge in [0.1, 0.15) is 0 Å². The molecule has 4 aliphatic rings. The van der Waals surface area contributed by atoms with Crippen molar-refractivity contribution in [2.45, 2.75) is 91.6 Å². The maximum atomic E-state index is 6.49. The Morgan fingerprint density at radius 1 is 1.10 bits per heavy atom. The van der Waals surface area contributed by atoms with E-state index in [2.05, 4.69) is 41.5 Å². The van der Waals surface area contributed by atoms with Gasteiger partial charge in [-0.25, -0.2) is 0 Å². The maximum absolute atomic E-state index is 6.49. The molecule has 1 saturated heterocycles. The van der Waals surface area contributed by atoms with Gasteiger partial charge in [-0.3, -0.25) is 0 Å². The lowest BCUT2D eigenvalue weighted by Crippen LogP contribution is -2.62. The van der Waals surface area contributed by atoms with Crippen LogP contribution in [-0.4, -0.2) is 18.0 Å². The summed E-state index contributed by atoms with van der Waals surface area (Å²) in [6, 6.07) is 0. The molecule has 120 valence electrons. The average Bonchev–Trinajstić information content (AvgIpc) is 2.98. The quantitative estimate of drug-likeness (QED) is 0.693. The molecule has 6 unspecified atom stereocenters. The number of rotatable bonds is 1. The topological polar surface area (TPSA) is 18.5 Å². The van der Waals surface area contributed by atoms with Crippen LogP contribution in [0.15, 0.2) is 0 Å². The van der Waals surface area contributed by atoms with E-state index in [-0.39, 0.29) is 11.9 Å². The third-order valence-electron chi connectivity index (χ3n) is 8.08. The molecule has 0 amide bonds. The summed E-state index contributed by atoms with van der Waals surface area (Å²) >= 11 is 0. The van der Waals surface area contributed by atoms with Crippen LogP contribution in [-0.2, 0) is 9.47 Å². The first-order valence-corrected chi connectivity index (χ1v) is 9.00. The van der Waals surface area contributed by atoms with Crippen LogP contribution >= 0.6 is 0 Å². The van der Waals surface area contributed by atoms with Gasteiger partial charge < -0.3 is 9.47 Å². The Balaban J connectivity index is 1.83. The highest BCUT2D eigenvalue weighted by atomic mass is 16.7. The van der Waals surface area contributed by atoms with Crippen LogP contribution in [0.25, 0.3) is 0 Å². The third-order valence-corrected chi connectivity index (χ3v) is 8.08. The summed E-state index contributed by atoms with van der Waals surface area (Å²) in [5.41, 5.74) is 1.16. The Morgan fingerprint density at radius 2 is 1.81 bits per heavy atom. The molecule has 21 heavy (non-hydrogen) atoms. The van der Waals surface area contributed by atoms with Crippen molar-refractivity contribution >= 4 is 0 Å². The van der Waals surface area contributed by atoms with Crippen molar-refractivity contribution in [2.75, 3.05) is 0 Å². The summed E-state index contributed by atoms with van der Waals surface area (Å²) in [6.45, 7) is 14.5. The van der Waals surface area contributed by atoms with Crippen LogP contribution in [0.1, 0.15) is 73.6 Å². The fourth-order valence-corrected chi connectivity index (χ4v) is 7.18. The number of hydrogen-bond acceptors (Lipinski definition) is 2. The Labute approximate surface area is 130 Å². The van der Waals surface area contributed by atoms with E-state index in [0.717, 1.165) is 18.8 Å². The van der Waals surface area contributed by atoms with Crippen LogP contribution in [0.4, 0.5) is 0 Å². The zero-order valence-corrected chi connectivity index (χ0v) is 14.7. The van der Waals surface area contributed by atoms with Gasteiger partial charge in [0.2, 0.25) is 0 Å². The van der Waals surface area contributed by atoms with Gasteiger partial charge in [0, 0.05) is 0 Å². The highest BCUT2D eigenvalue weighted by Crippen LogP contribution is 2.77. The lowest BCUT2D eigenvalue weighted by atomic mass is 9.45. The van der Waals surface area contributed by atoms with E-state index in [0.29, 0.717) is 28.3 Å². The molecular formula is C19H32O2. The first-order valence-electron chi connectivity index (χ1n) is 9.00. The molecule has 3 aliphatic carbocycles. The van der Waals surface area contributed by atoms with Gasteiger partial charge in [-0.2, -0.15) is 0 Å². The van der Waals surface area contributed by atoms with E-state index in [1.54, 1.807) is 0 Å².